The van der Waals surface area contributed by atoms with Gasteiger partial charge >= 0.3 is 0 Å². The summed E-state index contributed by atoms with van der Waals surface area (Å²) in [6.07, 6.45) is 3.41. The van der Waals surface area contributed by atoms with Gasteiger partial charge in [0.15, 0.2) is 0 Å². The van der Waals surface area contributed by atoms with E-state index in [1.54, 1.807) is 0 Å². The topological polar surface area (TPSA) is 20.2 Å². The molecule has 2 atom stereocenters. The van der Waals surface area contributed by atoms with Crippen molar-refractivity contribution in [2.75, 3.05) is 6.61 Å². The summed E-state index contributed by atoms with van der Waals surface area (Å²) < 4.78 is 0. The zero-order valence-electron chi connectivity index (χ0n) is 9.15. The molecule has 2 unspecified atom stereocenters. The molecule has 0 saturated carbocycles. The number of benzene rings is 1. The number of thioether (sulfide) groups is 1. The molecule has 0 spiro atoms. The van der Waals surface area contributed by atoms with Crippen molar-refractivity contribution in [1.29, 1.82) is 0 Å². The Morgan fingerprint density at radius 3 is 2.93 bits per heavy atom. The maximum Gasteiger partial charge on any atom is 0.0459 e. The van der Waals surface area contributed by atoms with Crippen LogP contribution in [0.15, 0.2) is 29.2 Å². The van der Waals surface area contributed by atoms with Crippen molar-refractivity contribution in [2.45, 2.75) is 36.3 Å². The van der Waals surface area contributed by atoms with E-state index in [0.29, 0.717) is 17.8 Å². The molecule has 1 heterocycles. The van der Waals surface area contributed by atoms with Crippen LogP contribution in [0.3, 0.4) is 0 Å². The Morgan fingerprint density at radius 1 is 1.47 bits per heavy atom. The molecule has 0 aliphatic carbocycles. The van der Waals surface area contributed by atoms with Crippen LogP contribution in [0.2, 0.25) is 0 Å². The minimum atomic E-state index is 0.337. The maximum atomic E-state index is 9.19. The second-order valence-corrected chi connectivity index (χ2v) is 5.59. The van der Waals surface area contributed by atoms with Gasteiger partial charge in [-0.3, -0.25) is 0 Å². The molecular weight excluding hydrogens is 204 g/mol. The molecule has 0 amide bonds. The largest absolute Gasteiger partial charge is 0.396 e. The molecule has 0 radical (unpaired) electrons. The average Bonchev–Trinajstić information content (AvgIpc) is 2.68. The van der Waals surface area contributed by atoms with Gasteiger partial charge in [-0.15, -0.1) is 11.8 Å². The van der Waals surface area contributed by atoms with Crippen molar-refractivity contribution in [1.82, 2.24) is 0 Å². The van der Waals surface area contributed by atoms with Gasteiger partial charge in [0.25, 0.3) is 0 Å². The number of hydrogen-bond acceptors (Lipinski definition) is 2. The molecule has 1 aromatic rings. The summed E-state index contributed by atoms with van der Waals surface area (Å²) in [6, 6.07) is 8.66. The lowest BCUT2D eigenvalue weighted by atomic mass is 9.98. The third-order valence-corrected chi connectivity index (χ3v) is 4.49. The number of rotatable bonds is 4. The van der Waals surface area contributed by atoms with E-state index in [9.17, 15) is 5.11 Å². The number of hydrogen-bond donors (Lipinski definition) is 1. The highest BCUT2D eigenvalue weighted by Gasteiger charge is 2.23. The van der Waals surface area contributed by atoms with Crippen LogP contribution >= 0.6 is 11.8 Å². The van der Waals surface area contributed by atoms with E-state index in [0.717, 1.165) is 12.8 Å². The zero-order valence-corrected chi connectivity index (χ0v) is 9.96. The normalized spacial score (nSPS) is 21.3. The SMILES string of the molecule is CCC(CO)CC1Cc2ccccc2S1. The molecule has 0 bridgehead atoms. The zero-order chi connectivity index (χ0) is 10.7. The minimum absolute atomic E-state index is 0.337. The van der Waals surface area contributed by atoms with E-state index >= 15 is 0 Å². The average molecular weight is 222 g/mol. The van der Waals surface area contributed by atoms with E-state index in [1.807, 2.05) is 11.8 Å². The first-order valence-corrected chi connectivity index (χ1v) is 6.56. The Hall–Kier alpha value is -0.470. The predicted molar refractivity (Wildman–Crippen MR) is 65.3 cm³/mol. The first-order chi connectivity index (χ1) is 7.33. The van der Waals surface area contributed by atoms with Gasteiger partial charge in [-0.25, -0.2) is 0 Å². The summed E-state index contributed by atoms with van der Waals surface area (Å²) in [5.74, 6) is 0.483. The first kappa shape index (κ1) is 11.0. The lowest BCUT2D eigenvalue weighted by molar-refractivity contribution is 0.214. The van der Waals surface area contributed by atoms with Crippen molar-refractivity contribution < 1.29 is 5.11 Å². The van der Waals surface area contributed by atoms with Crippen molar-refractivity contribution >= 4 is 11.8 Å². The maximum absolute atomic E-state index is 9.19. The molecule has 0 saturated heterocycles. The van der Waals surface area contributed by atoms with Crippen LogP contribution in [-0.4, -0.2) is 17.0 Å². The van der Waals surface area contributed by atoms with Gasteiger partial charge in [-0.2, -0.15) is 0 Å². The van der Waals surface area contributed by atoms with Crippen LogP contribution < -0.4 is 0 Å². The Kier molecular flexibility index (Phi) is 3.71. The second-order valence-electron chi connectivity index (χ2n) is 4.24. The van der Waals surface area contributed by atoms with E-state index in [2.05, 4.69) is 31.2 Å². The van der Waals surface area contributed by atoms with Gasteiger partial charge in [-0.05, 0) is 30.4 Å². The third kappa shape index (κ3) is 2.56. The summed E-state index contributed by atoms with van der Waals surface area (Å²) in [7, 11) is 0. The summed E-state index contributed by atoms with van der Waals surface area (Å²) in [5.41, 5.74) is 1.49. The highest BCUT2D eigenvalue weighted by atomic mass is 32.2. The minimum Gasteiger partial charge on any atom is -0.396 e. The monoisotopic (exact) mass is 222 g/mol. The van der Waals surface area contributed by atoms with Crippen LogP contribution in [0.4, 0.5) is 0 Å². The van der Waals surface area contributed by atoms with Crippen LogP contribution in [0.25, 0.3) is 0 Å². The Morgan fingerprint density at radius 2 is 2.27 bits per heavy atom. The molecule has 15 heavy (non-hydrogen) atoms. The van der Waals surface area contributed by atoms with E-state index < -0.39 is 0 Å². The molecule has 1 N–H and O–H groups in total. The Bertz CT molecular complexity index is 295. The van der Waals surface area contributed by atoms with Crippen LogP contribution in [0.5, 0.6) is 0 Å². The Balaban J connectivity index is 1.95. The molecule has 82 valence electrons. The molecule has 2 rings (SSSR count). The summed E-state index contributed by atoms with van der Waals surface area (Å²) in [6.45, 7) is 2.50. The van der Waals surface area contributed by atoms with E-state index in [4.69, 9.17) is 0 Å². The molecule has 0 aromatic heterocycles. The van der Waals surface area contributed by atoms with Crippen molar-refractivity contribution in [3.05, 3.63) is 29.8 Å². The first-order valence-electron chi connectivity index (χ1n) is 5.69. The fraction of sp³-hybridized carbons (Fsp3) is 0.538. The van der Waals surface area contributed by atoms with Crippen LogP contribution in [0.1, 0.15) is 25.3 Å². The van der Waals surface area contributed by atoms with Crippen LogP contribution in [0, 0.1) is 5.92 Å². The van der Waals surface area contributed by atoms with Crippen molar-refractivity contribution in [3.8, 4) is 0 Å². The summed E-state index contributed by atoms with van der Waals surface area (Å²) in [5, 5.41) is 9.87. The molecule has 1 aliphatic rings. The van der Waals surface area contributed by atoms with Gasteiger partial charge in [-0.1, -0.05) is 31.5 Å². The fourth-order valence-electron chi connectivity index (χ4n) is 2.13. The van der Waals surface area contributed by atoms with Crippen LogP contribution in [-0.2, 0) is 6.42 Å². The molecule has 0 fully saturated rings. The lowest BCUT2D eigenvalue weighted by Crippen LogP contribution is -2.12. The van der Waals surface area contributed by atoms with Gasteiger partial charge in [0.05, 0.1) is 0 Å². The fourth-order valence-corrected chi connectivity index (χ4v) is 3.58. The van der Waals surface area contributed by atoms with E-state index in [1.165, 1.54) is 16.9 Å². The summed E-state index contributed by atoms with van der Waals surface area (Å²) >= 11 is 1.98. The smallest absolute Gasteiger partial charge is 0.0459 e. The van der Waals surface area contributed by atoms with Gasteiger partial charge in [0.2, 0.25) is 0 Å². The predicted octanol–water partition coefficient (Wildman–Crippen LogP) is 3.11. The Labute approximate surface area is 95.9 Å². The van der Waals surface area contributed by atoms with Gasteiger partial charge in [0.1, 0.15) is 0 Å². The quantitative estimate of drug-likeness (QED) is 0.844. The number of aliphatic hydroxyl groups excluding tert-OH is 1. The number of fused-ring (bicyclic) bond motifs is 1. The lowest BCUT2D eigenvalue weighted by Gasteiger charge is -2.15. The molecule has 1 aliphatic heterocycles. The highest BCUT2D eigenvalue weighted by Crippen LogP contribution is 2.39. The second kappa shape index (κ2) is 5.04. The van der Waals surface area contributed by atoms with Gasteiger partial charge < -0.3 is 5.11 Å². The van der Waals surface area contributed by atoms with Crippen molar-refractivity contribution in [3.63, 3.8) is 0 Å². The molecule has 2 heteroatoms. The van der Waals surface area contributed by atoms with E-state index in [-0.39, 0.29) is 0 Å². The molecule has 1 aromatic carbocycles. The number of aliphatic hydroxyl groups is 1. The molecule has 1 nitrogen and oxygen atoms in total. The van der Waals surface area contributed by atoms with Gasteiger partial charge in [0, 0.05) is 16.8 Å². The standard InChI is InChI=1S/C13H18OS/c1-2-10(9-14)7-12-8-11-5-3-4-6-13(11)15-12/h3-6,10,12,14H,2,7-9H2,1H3. The molecular formula is C13H18OS. The highest BCUT2D eigenvalue weighted by molar-refractivity contribution is 8.00. The third-order valence-electron chi connectivity index (χ3n) is 3.15. The van der Waals surface area contributed by atoms with Crippen molar-refractivity contribution in [2.24, 2.45) is 5.92 Å². The summed E-state index contributed by atoms with van der Waals surface area (Å²) in [4.78, 5) is 1.44.